The molecule has 2 aliphatic carbocycles. The van der Waals surface area contributed by atoms with Gasteiger partial charge in [0.15, 0.2) is 9.84 Å². The second-order valence-electron chi connectivity index (χ2n) is 7.17. The van der Waals surface area contributed by atoms with Crippen LogP contribution in [0.25, 0.3) is 0 Å². The van der Waals surface area contributed by atoms with E-state index in [0.29, 0.717) is 17.2 Å². The van der Waals surface area contributed by atoms with Crippen LogP contribution in [0.15, 0.2) is 29.2 Å². The van der Waals surface area contributed by atoms with Gasteiger partial charge in [-0.25, -0.2) is 8.42 Å². The van der Waals surface area contributed by atoms with Crippen molar-refractivity contribution in [3.8, 4) is 0 Å². The SMILES string of the molecule is C[C@H](NC(=O)CC(C1CC1)C1CC1)c1ccc(S(C)(=O)=O)cc1. The van der Waals surface area contributed by atoms with Crippen molar-refractivity contribution < 1.29 is 13.2 Å². The minimum absolute atomic E-state index is 0.102. The molecule has 126 valence electrons. The zero-order chi connectivity index (χ0) is 16.6. The molecule has 0 aliphatic heterocycles. The molecular weight excluding hydrogens is 310 g/mol. The second kappa shape index (κ2) is 6.27. The first-order chi connectivity index (χ1) is 10.8. The van der Waals surface area contributed by atoms with Crippen LogP contribution in [0, 0.1) is 17.8 Å². The summed E-state index contributed by atoms with van der Waals surface area (Å²) in [5, 5.41) is 3.06. The lowest BCUT2D eigenvalue weighted by Crippen LogP contribution is -2.29. The maximum absolute atomic E-state index is 12.3. The molecule has 1 atom stereocenters. The molecule has 0 unspecified atom stereocenters. The van der Waals surface area contributed by atoms with Crippen LogP contribution in [0.4, 0.5) is 0 Å². The summed E-state index contributed by atoms with van der Waals surface area (Å²) in [5.41, 5.74) is 0.931. The van der Waals surface area contributed by atoms with E-state index in [9.17, 15) is 13.2 Å². The Morgan fingerprint density at radius 2 is 1.65 bits per heavy atom. The van der Waals surface area contributed by atoms with Gasteiger partial charge in [0.05, 0.1) is 10.9 Å². The van der Waals surface area contributed by atoms with Crippen LogP contribution < -0.4 is 5.32 Å². The number of hydrogen-bond acceptors (Lipinski definition) is 3. The highest BCUT2D eigenvalue weighted by Crippen LogP contribution is 2.50. The maximum Gasteiger partial charge on any atom is 0.220 e. The molecule has 1 amide bonds. The molecule has 5 heteroatoms. The summed E-state index contributed by atoms with van der Waals surface area (Å²) in [7, 11) is -3.18. The minimum atomic E-state index is -3.18. The van der Waals surface area contributed by atoms with Crippen molar-refractivity contribution in [3.63, 3.8) is 0 Å². The first-order valence-corrected chi connectivity index (χ1v) is 10.3. The molecular formula is C18H25NO3S. The molecule has 0 heterocycles. The van der Waals surface area contributed by atoms with Gasteiger partial charge in [0.25, 0.3) is 0 Å². The summed E-state index contributed by atoms with van der Waals surface area (Å²) in [5.74, 6) is 2.25. The summed E-state index contributed by atoms with van der Waals surface area (Å²) in [6.45, 7) is 1.94. The third-order valence-electron chi connectivity index (χ3n) is 5.06. The number of carbonyl (C=O) groups excluding carboxylic acids is 1. The molecule has 3 rings (SSSR count). The molecule has 0 aromatic heterocycles. The van der Waals surface area contributed by atoms with Gasteiger partial charge in [-0.05, 0) is 68.1 Å². The lowest BCUT2D eigenvalue weighted by molar-refractivity contribution is -0.123. The number of benzene rings is 1. The summed E-state index contributed by atoms with van der Waals surface area (Å²) >= 11 is 0. The molecule has 4 nitrogen and oxygen atoms in total. The van der Waals surface area contributed by atoms with Gasteiger partial charge in [0.1, 0.15) is 0 Å². The lowest BCUT2D eigenvalue weighted by atomic mass is 9.93. The summed E-state index contributed by atoms with van der Waals surface area (Å²) in [4.78, 5) is 12.6. The Kier molecular flexibility index (Phi) is 4.50. The predicted octanol–water partition coefficient (Wildman–Crippen LogP) is 3.09. The number of hydrogen-bond donors (Lipinski definition) is 1. The average Bonchev–Trinajstić information content (AvgIpc) is 3.37. The van der Waals surface area contributed by atoms with Gasteiger partial charge < -0.3 is 5.32 Å². The van der Waals surface area contributed by atoms with Crippen molar-refractivity contribution in [2.24, 2.45) is 17.8 Å². The van der Waals surface area contributed by atoms with E-state index < -0.39 is 9.84 Å². The highest BCUT2D eigenvalue weighted by atomic mass is 32.2. The molecule has 1 aromatic rings. The van der Waals surface area contributed by atoms with Gasteiger partial charge in [-0.3, -0.25) is 4.79 Å². The van der Waals surface area contributed by atoms with Crippen LogP contribution in [0.5, 0.6) is 0 Å². The Morgan fingerprint density at radius 1 is 1.13 bits per heavy atom. The van der Waals surface area contributed by atoms with E-state index in [1.807, 2.05) is 6.92 Å². The van der Waals surface area contributed by atoms with E-state index in [0.717, 1.165) is 17.4 Å². The van der Waals surface area contributed by atoms with E-state index >= 15 is 0 Å². The number of nitrogens with one attached hydrogen (secondary N) is 1. The Hall–Kier alpha value is -1.36. The number of sulfone groups is 1. The maximum atomic E-state index is 12.3. The van der Waals surface area contributed by atoms with Gasteiger partial charge in [0, 0.05) is 12.7 Å². The zero-order valence-corrected chi connectivity index (χ0v) is 14.6. The Bertz CT molecular complexity index is 661. The fourth-order valence-electron chi connectivity index (χ4n) is 3.37. The van der Waals surface area contributed by atoms with E-state index in [2.05, 4.69) is 5.32 Å². The van der Waals surface area contributed by atoms with Gasteiger partial charge >= 0.3 is 0 Å². The van der Waals surface area contributed by atoms with Crippen molar-refractivity contribution in [1.82, 2.24) is 5.32 Å². The summed E-state index contributed by atoms with van der Waals surface area (Å²) < 4.78 is 23.0. The molecule has 1 N–H and O–H groups in total. The summed E-state index contributed by atoms with van der Waals surface area (Å²) in [6, 6.07) is 6.66. The molecule has 2 fully saturated rings. The number of carbonyl (C=O) groups is 1. The standard InChI is InChI=1S/C18H25NO3S/c1-12(13-7-9-16(10-8-13)23(2,21)22)19-18(20)11-17(14-3-4-14)15-5-6-15/h7-10,12,14-15,17H,3-6,11H2,1-2H3,(H,19,20)/t12-/m0/s1. The molecule has 0 bridgehead atoms. The molecule has 0 saturated heterocycles. The molecule has 23 heavy (non-hydrogen) atoms. The third-order valence-corrected chi connectivity index (χ3v) is 6.19. The van der Waals surface area contributed by atoms with Gasteiger partial charge in [-0.1, -0.05) is 12.1 Å². The quantitative estimate of drug-likeness (QED) is 0.833. The van der Waals surface area contributed by atoms with Gasteiger partial charge in [0.2, 0.25) is 5.91 Å². The van der Waals surface area contributed by atoms with E-state index in [1.54, 1.807) is 24.3 Å². The lowest BCUT2D eigenvalue weighted by Gasteiger charge is -2.19. The first kappa shape index (κ1) is 16.5. The Balaban J connectivity index is 1.57. The normalized spacial score (nSPS) is 19.6. The van der Waals surface area contributed by atoms with Crippen molar-refractivity contribution in [2.45, 2.75) is 50.0 Å². The van der Waals surface area contributed by atoms with E-state index in [-0.39, 0.29) is 11.9 Å². The molecule has 2 aliphatic rings. The zero-order valence-electron chi connectivity index (χ0n) is 13.8. The fraction of sp³-hybridized carbons (Fsp3) is 0.611. The average molecular weight is 335 g/mol. The third kappa shape index (κ3) is 4.34. The number of amides is 1. The Labute approximate surface area is 138 Å². The van der Waals surface area contributed by atoms with Crippen LogP contribution in [0.3, 0.4) is 0 Å². The van der Waals surface area contributed by atoms with Gasteiger partial charge in [-0.2, -0.15) is 0 Å². The summed E-state index contributed by atoms with van der Waals surface area (Å²) in [6.07, 6.45) is 6.99. The fourth-order valence-corrected chi connectivity index (χ4v) is 4.00. The Morgan fingerprint density at radius 3 is 2.09 bits per heavy atom. The van der Waals surface area contributed by atoms with Crippen LogP contribution >= 0.6 is 0 Å². The predicted molar refractivity (Wildman–Crippen MR) is 89.7 cm³/mol. The van der Waals surface area contributed by atoms with E-state index in [1.165, 1.54) is 31.9 Å². The van der Waals surface area contributed by atoms with Crippen molar-refractivity contribution in [1.29, 1.82) is 0 Å². The number of rotatable bonds is 7. The van der Waals surface area contributed by atoms with E-state index in [4.69, 9.17) is 0 Å². The largest absolute Gasteiger partial charge is 0.350 e. The van der Waals surface area contributed by atoms with Crippen LogP contribution in [-0.4, -0.2) is 20.6 Å². The second-order valence-corrected chi connectivity index (χ2v) is 9.19. The van der Waals surface area contributed by atoms with Gasteiger partial charge in [-0.15, -0.1) is 0 Å². The molecule has 0 radical (unpaired) electrons. The van der Waals surface area contributed by atoms with Crippen molar-refractivity contribution >= 4 is 15.7 Å². The molecule has 2 saturated carbocycles. The van der Waals surface area contributed by atoms with Crippen molar-refractivity contribution in [3.05, 3.63) is 29.8 Å². The first-order valence-electron chi connectivity index (χ1n) is 8.44. The smallest absolute Gasteiger partial charge is 0.220 e. The van der Waals surface area contributed by atoms with Crippen LogP contribution in [0.1, 0.15) is 50.6 Å². The highest BCUT2D eigenvalue weighted by molar-refractivity contribution is 7.90. The van der Waals surface area contributed by atoms with Crippen molar-refractivity contribution in [2.75, 3.05) is 6.26 Å². The van der Waals surface area contributed by atoms with Crippen LogP contribution in [-0.2, 0) is 14.6 Å². The minimum Gasteiger partial charge on any atom is -0.350 e. The van der Waals surface area contributed by atoms with Crippen LogP contribution in [0.2, 0.25) is 0 Å². The molecule has 0 spiro atoms. The topological polar surface area (TPSA) is 63.2 Å². The molecule has 1 aromatic carbocycles. The monoisotopic (exact) mass is 335 g/mol. The highest BCUT2D eigenvalue weighted by Gasteiger charge is 2.42.